The summed E-state index contributed by atoms with van der Waals surface area (Å²) in [5.74, 6) is 2.61. The number of ether oxygens (including phenoxy) is 1. The monoisotopic (exact) mass is 431 g/mol. The summed E-state index contributed by atoms with van der Waals surface area (Å²) in [6, 6.07) is 14.6. The first kappa shape index (κ1) is 19.0. The topological polar surface area (TPSA) is 39.9 Å². The van der Waals surface area contributed by atoms with E-state index in [1.807, 2.05) is 6.07 Å². The van der Waals surface area contributed by atoms with Gasteiger partial charge in [-0.2, -0.15) is 0 Å². The van der Waals surface area contributed by atoms with E-state index in [-0.39, 0.29) is 0 Å². The van der Waals surface area contributed by atoms with Gasteiger partial charge in [0, 0.05) is 16.8 Å². The Morgan fingerprint density at radius 1 is 1.08 bits per heavy atom. The Bertz CT molecular complexity index is 877. The van der Waals surface area contributed by atoms with Crippen molar-refractivity contribution < 1.29 is 4.74 Å². The first-order valence-electron chi connectivity index (χ1n) is 8.56. The largest absolute Gasteiger partial charge is 0.485 e. The zero-order valence-electron chi connectivity index (χ0n) is 15.2. The molecular weight excluding hydrogens is 410 g/mol. The number of hydrogen-bond acceptors (Lipinski definition) is 4. The van der Waals surface area contributed by atoms with Gasteiger partial charge in [0.2, 0.25) is 0 Å². The van der Waals surface area contributed by atoms with Crippen LogP contribution in [0.5, 0.6) is 5.75 Å². The van der Waals surface area contributed by atoms with Crippen molar-refractivity contribution in [1.82, 2.24) is 14.8 Å². The van der Waals surface area contributed by atoms with Crippen molar-refractivity contribution in [3.63, 3.8) is 0 Å². The first-order chi connectivity index (χ1) is 12.6. The molecule has 0 atom stereocenters. The van der Waals surface area contributed by atoms with Gasteiger partial charge in [-0.1, -0.05) is 57.5 Å². The Kier molecular flexibility index (Phi) is 6.38. The maximum atomic E-state index is 5.97. The molecule has 0 saturated carbocycles. The number of nitrogens with zero attached hydrogens (tertiary/aromatic N) is 3. The van der Waals surface area contributed by atoms with Crippen molar-refractivity contribution in [1.29, 1.82) is 0 Å². The minimum Gasteiger partial charge on any atom is -0.485 e. The van der Waals surface area contributed by atoms with Gasteiger partial charge in [0.15, 0.2) is 11.0 Å². The van der Waals surface area contributed by atoms with E-state index >= 15 is 0 Å². The maximum absolute atomic E-state index is 5.97. The van der Waals surface area contributed by atoms with E-state index in [9.17, 15) is 0 Å². The summed E-state index contributed by atoms with van der Waals surface area (Å²) in [5, 5.41) is 9.62. The fourth-order valence-corrected chi connectivity index (χ4v) is 3.92. The second-order valence-electron chi connectivity index (χ2n) is 6.12. The molecule has 0 aliphatic carbocycles. The van der Waals surface area contributed by atoms with Crippen LogP contribution in [0.3, 0.4) is 0 Å². The summed E-state index contributed by atoms with van der Waals surface area (Å²) in [5.41, 5.74) is 3.63. The molecule has 0 saturated heterocycles. The summed E-state index contributed by atoms with van der Waals surface area (Å²) in [4.78, 5) is 0. The van der Waals surface area contributed by atoms with E-state index in [4.69, 9.17) is 4.74 Å². The normalized spacial score (nSPS) is 10.9. The second kappa shape index (κ2) is 8.73. The van der Waals surface area contributed by atoms with Crippen LogP contribution in [0.4, 0.5) is 0 Å². The molecule has 1 aromatic heterocycles. The molecule has 26 heavy (non-hydrogen) atoms. The highest BCUT2D eigenvalue weighted by Crippen LogP contribution is 2.24. The number of thioether (sulfide) groups is 1. The molecule has 1 heterocycles. The van der Waals surface area contributed by atoms with E-state index in [0.29, 0.717) is 6.61 Å². The molecule has 0 fully saturated rings. The molecule has 0 spiro atoms. The summed E-state index contributed by atoms with van der Waals surface area (Å²) < 4.78 is 9.18. The molecule has 4 nitrogen and oxygen atoms in total. The van der Waals surface area contributed by atoms with Crippen molar-refractivity contribution in [2.24, 2.45) is 0 Å². The lowest BCUT2D eigenvalue weighted by Gasteiger charge is -2.11. The van der Waals surface area contributed by atoms with Crippen LogP contribution < -0.4 is 4.74 Å². The fraction of sp³-hybridized carbons (Fsp3) is 0.300. The lowest BCUT2D eigenvalue weighted by molar-refractivity contribution is 0.286. The van der Waals surface area contributed by atoms with Crippen LogP contribution in [0, 0.1) is 13.8 Å². The van der Waals surface area contributed by atoms with Gasteiger partial charge in [0.25, 0.3) is 0 Å². The third-order valence-electron chi connectivity index (χ3n) is 4.08. The maximum Gasteiger partial charge on any atom is 0.191 e. The number of hydrogen-bond donors (Lipinski definition) is 0. The van der Waals surface area contributed by atoms with E-state index < -0.39 is 0 Å². The van der Waals surface area contributed by atoms with Crippen molar-refractivity contribution >= 4 is 27.7 Å². The Morgan fingerprint density at radius 3 is 2.54 bits per heavy atom. The summed E-state index contributed by atoms with van der Waals surface area (Å²) in [7, 11) is 0. The number of halogens is 1. The Morgan fingerprint density at radius 2 is 1.85 bits per heavy atom. The third-order valence-corrected chi connectivity index (χ3v) is 5.64. The standard InChI is InChI=1S/C20H22BrN3OS/c1-4-24-19(12-25-18-10-5-14(2)11-15(18)3)22-23-20(24)26-13-16-6-8-17(21)9-7-16/h5-11H,4,12-13H2,1-3H3. The summed E-state index contributed by atoms with van der Waals surface area (Å²) >= 11 is 5.16. The molecule has 3 rings (SSSR count). The number of benzene rings is 2. The van der Waals surface area contributed by atoms with Crippen LogP contribution >= 0.6 is 27.7 Å². The fourth-order valence-electron chi connectivity index (χ4n) is 2.68. The highest BCUT2D eigenvalue weighted by atomic mass is 79.9. The molecule has 0 bridgehead atoms. The number of aromatic nitrogens is 3. The van der Waals surface area contributed by atoms with Crippen molar-refractivity contribution in [3.05, 3.63) is 69.5 Å². The van der Waals surface area contributed by atoms with Crippen LogP contribution in [-0.4, -0.2) is 14.8 Å². The number of aryl methyl sites for hydroxylation is 2. The zero-order chi connectivity index (χ0) is 18.5. The van der Waals surface area contributed by atoms with Crippen LogP contribution in [-0.2, 0) is 18.9 Å². The van der Waals surface area contributed by atoms with E-state index in [1.165, 1.54) is 11.1 Å². The Hall–Kier alpha value is -1.79. The van der Waals surface area contributed by atoms with Crippen molar-refractivity contribution in [2.45, 2.75) is 44.8 Å². The predicted molar refractivity (Wildman–Crippen MR) is 110 cm³/mol. The average Bonchev–Trinajstić information content (AvgIpc) is 3.02. The molecule has 0 amide bonds. The molecule has 0 radical (unpaired) electrons. The smallest absolute Gasteiger partial charge is 0.191 e. The van der Waals surface area contributed by atoms with Gasteiger partial charge in [0.05, 0.1) is 0 Å². The minimum absolute atomic E-state index is 0.420. The number of rotatable bonds is 7. The van der Waals surface area contributed by atoms with E-state index in [1.54, 1.807) is 11.8 Å². The van der Waals surface area contributed by atoms with Gasteiger partial charge in [-0.3, -0.25) is 0 Å². The second-order valence-corrected chi connectivity index (χ2v) is 7.97. The van der Waals surface area contributed by atoms with Crippen LogP contribution in [0.25, 0.3) is 0 Å². The molecule has 136 valence electrons. The SMILES string of the molecule is CCn1c(COc2ccc(C)cc2C)nnc1SCc1ccc(Br)cc1. The van der Waals surface area contributed by atoms with Gasteiger partial charge in [-0.05, 0) is 50.1 Å². The van der Waals surface area contributed by atoms with Gasteiger partial charge in [0.1, 0.15) is 12.4 Å². The molecule has 3 aromatic rings. The minimum atomic E-state index is 0.420. The molecule has 0 aliphatic rings. The van der Waals surface area contributed by atoms with Crippen molar-refractivity contribution in [3.8, 4) is 5.75 Å². The van der Waals surface area contributed by atoms with Gasteiger partial charge in [-0.25, -0.2) is 0 Å². The van der Waals surface area contributed by atoms with Crippen LogP contribution in [0.1, 0.15) is 29.4 Å². The Balaban J connectivity index is 1.66. The average molecular weight is 432 g/mol. The molecule has 0 N–H and O–H groups in total. The van der Waals surface area contributed by atoms with Crippen molar-refractivity contribution in [2.75, 3.05) is 0 Å². The molecule has 6 heteroatoms. The highest BCUT2D eigenvalue weighted by Gasteiger charge is 2.12. The molecule has 0 unspecified atom stereocenters. The van der Waals surface area contributed by atoms with E-state index in [2.05, 4.69) is 87.9 Å². The third kappa shape index (κ3) is 4.68. The molecular formula is C20H22BrN3OS. The molecule has 2 aromatic carbocycles. The van der Waals surface area contributed by atoms with Crippen LogP contribution in [0.2, 0.25) is 0 Å². The van der Waals surface area contributed by atoms with E-state index in [0.717, 1.165) is 39.1 Å². The predicted octanol–water partition coefficient (Wildman–Crippen LogP) is 5.55. The summed E-state index contributed by atoms with van der Waals surface area (Å²) in [6.07, 6.45) is 0. The van der Waals surface area contributed by atoms with Gasteiger partial charge >= 0.3 is 0 Å². The van der Waals surface area contributed by atoms with Gasteiger partial charge in [-0.15, -0.1) is 10.2 Å². The van der Waals surface area contributed by atoms with Gasteiger partial charge < -0.3 is 9.30 Å². The lowest BCUT2D eigenvalue weighted by Crippen LogP contribution is -2.07. The lowest BCUT2D eigenvalue weighted by atomic mass is 10.1. The molecule has 0 aliphatic heterocycles. The highest BCUT2D eigenvalue weighted by molar-refractivity contribution is 9.10. The first-order valence-corrected chi connectivity index (χ1v) is 10.3. The zero-order valence-corrected chi connectivity index (χ0v) is 17.6. The Labute approximate surface area is 167 Å². The quantitative estimate of drug-likeness (QED) is 0.459. The van der Waals surface area contributed by atoms with Crippen LogP contribution in [0.15, 0.2) is 52.1 Å². The summed E-state index contributed by atoms with van der Waals surface area (Å²) in [6.45, 7) is 7.49.